The Labute approximate surface area is 131 Å². The van der Waals surface area contributed by atoms with Gasteiger partial charge in [-0.25, -0.2) is 4.79 Å². The van der Waals surface area contributed by atoms with Crippen LogP contribution in [-0.4, -0.2) is 33.5 Å². The largest absolute Gasteiger partial charge is 0.388 e. The number of rotatable bonds is 3. The van der Waals surface area contributed by atoms with Crippen LogP contribution < -0.4 is 10.6 Å². The summed E-state index contributed by atoms with van der Waals surface area (Å²) in [6, 6.07) is 2.99. The molecule has 1 aliphatic carbocycles. The minimum absolute atomic E-state index is 0.260. The summed E-state index contributed by atoms with van der Waals surface area (Å²) in [5.74, 6) is 1.02. The Bertz CT molecular complexity index is 491. The van der Waals surface area contributed by atoms with E-state index >= 15 is 0 Å². The monoisotopic (exact) mass is 306 g/mol. The van der Waals surface area contributed by atoms with Crippen molar-refractivity contribution in [2.24, 2.45) is 11.3 Å². The fraction of sp³-hybridized carbons (Fsp3) is 0.688. The molecule has 0 bridgehead atoms. The number of nitrogens with zero attached hydrogens (tertiary/aromatic N) is 2. The van der Waals surface area contributed by atoms with Crippen LogP contribution in [0.15, 0.2) is 18.3 Å². The van der Waals surface area contributed by atoms with Crippen LogP contribution in [0.2, 0.25) is 0 Å². The van der Waals surface area contributed by atoms with Crippen molar-refractivity contribution in [3.05, 3.63) is 18.3 Å². The zero-order chi connectivity index (χ0) is 16.2. The molecule has 1 fully saturated rings. The highest BCUT2D eigenvalue weighted by Crippen LogP contribution is 2.41. The molecule has 0 spiro atoms. The molecule has 1 aromatic rings. The van der Waals surface area contributed by atoms with E-state index in [1.54, 1.807) is 18.3 Å². The van der Waals surface area contributed by atoms with Gasteiger partial charge in [0, 0.05) is 12.7 Å². The van der Waals surface area contributed by atoms with Gasteiger partial charge in [0.25, 0.3) is 0 Å². The lowest BCUT2D eigenvalue weighted by molar-refractivity contribution is -0.0216. The van der Waals surface area contributed by atoms with E-state index in [2.05, 4.69) is 41.6 Å². The number of anilines is 1. The zero-order valence-electron chi connectivity index (χ0n) is 13.6. The summed E-state index contributed by atoms with van der Waals surface area (Å²) in [6.07, 6.45) is 4.97. The molecule has 6 heteroatoms. The molecule has 1 saturated carbocycles. The van der Waals surface area contributed by atoms with Gasteiger partial charge in [0.1, 0.15) is 0 Å². The van der Waals surface area contributed by atoms with Crippen LogP contribution in [0.4, 0.5) is 10.6 Å². The predicted octanol–water partition coefficient (Wildman–Crippen LogP) is 2.57. The van der Waals surface area contributed by atoms with Gasteiger partial charge < -0.3 is 10.4 Å². The first-order chi connectivity index (χ1) is 10.3. The van der Waals surface area contributed by atoms with Crippen molar-refractivity contribution in [1.29, 1.82) is 0 Å². The molecular formula is C16H26N4O2. The number of nitrogens with one attached hydrogen (secondary N) is 2. The molecule has 2 rings (SSSR count). The van der Waals surface area contributed by atoms with Crippen molar-refractivity contribution in [3.8, 4) is 0 Å². The van der Waals surface area contributed by atoms with Crippen LogP contribution in [0.3, 0.4) is 0 Å². The first-order valence-electron chi connectivity index (χ1n) is 7.83. The third-order valence-electron chi connectivity index (χ3n) is 4.53. The van der Waals surface area contributed by atoms with Gasteiger partial charge >= 0.3 is 6.03 Å². The molecule has 3 N–H and O–H groups in total. The number of aliphatic hydroxyl groups is 1. The number of carbonyl (C=O) groups excluding carboxylic acids is 1. The van der Waals surface area contributed by atoms with Gasteiger partial charge in [-0.1, -0.05) is 20.8 Å². The smallest absolute Gasteiger partial charge is 0.320 e. The summed E-state index contributed by atoms with van der Waals surface area (Å²) >= 11 is 0. The molecule has 0 unspecified atom stereocenters. The average Bonchev–Trinajstić information content (AvgIpc) is 2.46. The van der Waals surface area contributed by atoms with Crippen molar-refractivity contribution in [1.82, 2.24) is 15.5 Å². The third-order valence-corrected chi connectivity index (χ3v) is 4.53. The number of carbonyl (C=O) groups is 1. The van der Waals surface area contributed by atoms with Crippen LogP contribution in [0.25, 0.3) is 0 Å². The van der Waals surface area contributed by atoms with E-state index in [-0.39, 0.29) is 18.0 Å². The molecule has 122 valence electrons. The number of urea groups is 1. The van der Waals surface area contributed by atoms with E-state index in [1.807, 2.05) is 0 Å². The molecule has 0 aromatic carbocycles. The molecule has 1 aliphatic rings. The van der Waals surface area contributed by atoms with E-state index in [1.165, 1.54) is 0 Å². The average molecular weight is 306 g/mol. The van der Waals surface area contributed by atoms with E-state index in [0.29, 0.717) is 11.7 Å². The molecule has 1 heterocycles. The van der Waals surface area contributed by atoms with E-state index in [0.717, 1.165) is 25.7 Å². The summed E-state index contributed by atoms with van der Waals surface area (Å²) in [5, 5.41) is 23.4. The minimum Gasteiger partial charge on any atom is -0.388 e. The quantitative estimate of drug-likeness (QED) is 0.801. The van der Waals surface area contributed by atoms with Gasteiger partial charge in [-0.3, -0.25) is 5.32 Å². The van der Waals surface area contributed by atoms with Crippen LogP contribution in [0, 0.1) is 11.3 Å². The molecule has 1 aromatic heterocycles. The second-order valence-electron chi connectivity index (χ2n) is 7.28. The van der Waals surface area contributed by atoms with Gasteiger partial charge in [-0.05, 0) is 49.1 Å². The zero-order valence-corrected chi connectivity index (χ0v) is 13.6. The Morgan fingerprint density at radius 2 is 2.09 bits per heavy atom. The highest BCUT2D eigenvalue weighted by molar-refractivity contribution is 5.88. The summed E-state index contributed by atoms with van der Waals surface area (Å²) in [6.45, 7) is 6.99. The fourth-order valence-electron chi connectivity index (χ4n) is 2.97. The van der Waals surface area contributed by atoms with E-state index in [4.69, 9.17) is 0 Å². The van der Waals surface area contributed by atoms with Crippen molar-refractivity contribution >= 4 is 11.8 Å². The maximum Gasteiger partial charge on any atom is 0.320 e. The number of hydrogen-bond donors (Lipinski definition) is 3. The van der Waals surface area contributed by atoms with Gasteiger partial charge in [-0.15, -0.1) is 5.10 Å². The van der Waals surface area contributed by atoms with Gasteiger partial charge in [0.15, 0.2) is 5.82 Å². The SMILES string of the molecule is CC(C)(C)C1CCC(O)(CNC(=O)Nc2cccnn2)CC1. The van der Waals surface area contributed by atoms with Gasteiger partial charge in [0.2, 0.25) is 0 Å². The second kappa shape index (κ2) is 6.60. The Hall–Kier alpha value is -1.69. The molecule has 0 saturated heterocycles. The molecule has 0 radical (unpaired) electrons. The van der Waals surface area contributed by atoms with E-state index in [9.17, 15) is 9.90 Å². The number of amides is 2. The molecule has 0 atom stereocenters. The van der Waals surface area contributed by atoms with Crippen LogP contribution in [0.5, 0.6) is 0 Å². The van der Waals surface area contributed by atoms with Crippen LogP contribution in [0.1, 0.15) is 46.5 Å². The lowest BCUT2D eigenvalue weighted by atomic mass is 9.68. The Morgan fingerprint density at radius 3 is 2.64 bits per heavy atom. The normalized spacial score (nSPS) is 25.5. The highest BCUT2D eigenvalue weighted by Gasteiger charge is 2.37. The summed E-state index contributed by atoms with van der Waals surface area (Å²) in [4.78, 5) is 11.8. The first kappa shape index (κ1) is 16.7. The van der Waals surface area contributed by atoms with Crippen molar-refractivity contribution < 1.29 is 9.90 Å². The van der Waals surface area contributed by atoms with Crippen molar-refractivity contribution in [2.75, 3.05) is 11.9 Å². The minimum atomic E-state index is -0.804. The highest BCUT2D eigenvalue weighted by atomic mass is 16.3. The maximum absolute atomic E-state index is 11.8. The third kappa shape index (κ3) is 4.66. The fourth-order valence-corrected chi connectivity index (χ4v) is 2.97. The molecule has 2 amide bonds. The molecule has 22 heavy (non-hydrogen) atoms. The Balaban J connectivity index is 1.78. The molecule has 0 aliphatic heterocycles. The van der Waals surface area contributed by atoms with E-state index < -0.39 is 5.60 Å². The topological polar surface area (TPSA) is 87.1 Å². The lowest BCUT2D eigenvalue weighted by Gasteiger charge is -2.41. The van der Waals surface area contributed by atoms with Crippen molar-refractivity contribution in [2.45, 2.75) is 52.1 Å². The van der Waals surface area contributed by atoms with Crippen molar-refractivity contribution in [3.63, 3.8) is 0 Å². The van der Waals surface area contributed by atoms with Crippen LogP contribution in [-0.2, 0) is 0 Å². The molecule has 6 nitrogen and oxygen atoms in total. The van der Waals surface area contributed by atoms with Crippen LogP contribution >= 0.6 is 0 Å². The molecular weight excluding hydrogens is 280 g/mol. The Kier molecular flexibility index (Phi) is 5.01. The first-order valence-corrected chi connectivity index (χ1v) is 7.83. The summed E-state index contributed by atoms with van der Waals surface area (Å²) in [7, 11) is 0. The summed E-state index contributed by atoms with van der Waals surface area (Å²) < 4.78 is 0. The lowest BCUT2D eigenvalue weighted by Crippen LogP contribution is -2.47. The second-order valence-corrected chi connectivity index (χ2v) is 7.28. The maximum atomic E-state index is 11.8. The number of aromatic nitrogens is 2. The predicted molar refractivity (Wildman–Crippen MR) is 85.4 cm³/mol. The number of hydrogen-bond acceptors (Lipinski definition) is 4. The Morgan fingerprint density at radius 1 is 1.41 bits per heavy atom. The standard InChI is InChI=1S/C16H26N4O2/c1-15(2,3)12-6-8-16(22,9-7-12)11-17-14(21)19-13-5-4-10-18-20-13/h4-5,10,12,22H,6-9,11H2,1-3H3,(H2,17,19,20,21). The summed E-state index contributed by atoms with van der Waals surface area (Å²) in [5.41, 5.74) is -0.528. The van der Waals surface area contributed by atoms with Gasteiger partial charge in [-0.2, -0.15) is 5.10 Å². The van der Waals surface area contributed by atoms with Gasteiger partial charge in [0.05, 0.1) is 5.60 Å².